The summed E-state index contributed by atoms with van der Waals surface area (Å²) in [5, 5.41) is 9.57. The standard InChI is InChI=1S/C20H21NO4S/c1-13(2)26(25)17-9-7-14(8-10-17)19(22)21-12-16-6-4-3-5-15(16)11-18(21)20(23)24/h3-10,13,18H,11-12H2,1-2H3,(H,23,24). The second-order valence-electron chi connectivity index (χ2n) is 6.63. The topological polar surface area (TPSA) is 74.7 Å². The van der Waals surface area contributed by atoms with Crippen molar-refractivity contribution in [3.05, 3.63) is 65.2 Å². The van der Waals surface area contributed by atoms with Gasteiger partial charge in [-0.15, -0.1) is 0 Å². The van der Waals surface area contributed by atoms with Gasteiger partial charge in [0.25, 0.3) is 5.91 Å². The van der Waals surface area contributed by atoms with E-state index < -0.39 is 22.8 Å². The summed E-state index contributed by atoms with van der Waals surface area (Å²) in [5.74, 6) is -1.33. The average molecular weight is 371 g/mol. The predicted molar refractivity (Wildman–Crippen MR) is 99.4 cm³/mol. The summed E-state index contributed by atoms with van der Waals surface area (Å²) in [5.41, 5.74) is 2.34. The number of carbonyl (C=O) groups is 2. The maximum absolute atomic E-state index is 12.9. The Labute approximate surface area is 155 Å². The summed E-state index contributed by atoms with van der Waals surface area (Å²) in [6, 6.07) is 13.3. The lowest BCUT2D eigenvalue weighted by molar-refractivity contribution is -0.142. The molecule has 6 heteroatoms. The van der Waals surface area contributed by atoms with E-state index in [9.17, 15) is 18.9 Å². The Kier molecular flexibility index (Phi) is 5.23. The van der Waals surface area contributed by atoms with E-state index in [0.717, 1.165) is 11.1 Å². The minimum absolute atomic E-state index is 0.00783. The molecule has 3 rings (SSSR count). The molecule has 0 aromatic heterocycles. The van der Waals surface area contributed by atoms with Crippen LogP contribution in [-0.2, 0) is 28.6 Å². The number of carboxylic acid groups (broad SMARTS) is 1. The van der Waals surface area contributed by atoms with Crippen LogP contribution in [-0.4, -0.2) is 37.4 Å². The van der Waals surface area contributed by atoms with E-state index in [1.54, 1.807) is 24.3 Å². The summed E-state index contributed by atoms with van der Waals surface area (Å²) < 4.78 is 12.1. The van der Waals surface area contributed by atoms with Crippen molar-refractivity contribution in [3.8, 4) is 0 Å². The first kappa shape index (κ1) is 18.3. The number of fused-ring (bicyclic) bond motifs is 1. The quantitative estimate of drug-likeness (QED) is 0.897. The molecule has 1 amide bonds. The minimum atomic E-state index is -1.12. The number of carboxylic acids is 1. The number of carbonyl (C=O) groups excluding carboxylic acids is 1. The lowest BCUT2D eigenvalue weighted by Crippen LogP contribution is -2.48. The molecule has 0 fully saturated rings. The SMILES string of the molecule is CC(C)S(=O)c1ccc(C(=O)N2Cc3ccccc3CC2C(=O)O)cc1. The number of nitrogens with zero attached hydrogens (tertiary/aromatic N) is 1. The summed E-state index contributed by atoms with van der Waals surface area (Å²) >= 11 is 0. The Morgan fingerprint density at radius 2 is 1.69 bits per heavy atom. The molecule has 0 aliphatic carbocycles. The van der Waals surface area contributed by atoms with E-state index in [2.05, 4.69) is 0 Å². The van der Waals surface area contributed by atoms with Crippen molar-refractivity contribution in [2.24, 2.45) is 0 Å². The fourth-order valence-electron chi connectivity index (χ4n) is 3.13. The fourth-order valence-corrected chi connectivity index (χ4v) is 4.08. The molecule has 0 bridgehead atoms. The van der Waals surface area contributed by atoms with Crippen molar-refractivity contribution in [3.63, 3.8) is 0 Å². The Bertz CT molecular complexity index is 860. The number of hydrogen-bond acceptors (Lipinski definition) is 3. The first-order chi connectivity index (χ1) is 12.4. The number of aliphatic carboxylic acids is 1. The van der Waals surface area contributed by atoms with Crippen LogP contribution in [0.25, 0.3) is 0 Å². The van der Waals surface area contributed by atoms with Crippen LogP contribution in [0.3, 0.4) is 0 Å². The van der Waals surface area contributed by atoms with Crippen LogP contribution < -0.4 is 0 Å². The van der Waals surface area contributed by atoms with Gasteiger partial charge in [0.1, 0.15) is 6.04 Å². The smallest absolute Gasteiger partial charge is 0.326 e. The van der Waals surface area contributed by atoms with Gasteiger partial charge in [0, 0.05) is 28.7 Å². The lowest BCUT2D eigenvalue weighted by atomic mass is 9.93. The molecule has 0 saturated heterocycles. The number of rotatable bonds is 4. The molecular formula is C20H21NO4S. The summed E-state index contributed by atoms with van der Waals surface area (Å²) in [7, 11) is -1.12. The molecule has 1 aliphatic heterocycles. The maximum Gasteiger partial charge on any atom is 0.326 e. The third kappa shape index (κ3) is 3.55. The third-order valence-corrected chi connectivity index (χ3v) is 6.15. The number of amides is 1. The van der Waals surface area contributed by atoms with Crippen LogP contribution in [0.1, 0.15) is 35.3 Å². The zero-order valence-corrected chi connectivity index (χ0v) is 15.5. The molecule has 2 aromatic carbocycles. The largest absolute Gasteiger partial charge is 0.480 e. The van der Waals surface area contributed by atoms with Crippen molar-refractivity contribution < 1.29 is 18.9 Å². The lowest BCUT2D eigenvalue weighted by Gasteiger charge is -2.34. The molecule has 2 aromatic rings. The summed E-state index contributed by atoms with van der Waals surface area (Å²) in [6.45, 7) is 4.02. The van der Waals surface area contributed by atoms with Crippen molar-refractivity contribution in [2.45, 2.75) is 43.0 Å². The van der Waals surface area contributed by atoms with Gasteiger partial charge in [0.2, 0.25) is 0 Å². The third-order valence-electron chi connectivity index (χ3n) is 4.56. The summed E-state index contributed by atoms with van der Waals surface area (Å²) in [4.78, 5) is 26.7. The Morgan fingerprint density at radius 3 is 2.27 bits per heavy atom. The van der Waals surface area contributed by atoms with Crippen molar-refractivity contribution >= 4 is 22.7 Å². The second kappa shape index (κ2) is 7.41. The van der Waals surface area contributed by atoms with Gasteiger partial charge in [0.15, 0.2) is 0 Å². The highest BCUT2D eigenvalue weighted by Crippen LogP contribution is 2.25. The molecule has 136 valence electrons. The van der Waals surface area contributed by atoms with Gasteiger partial charge in [0.05, 0.1) is 10.8 Å². The molecule has 1 heterocycles. The molecule has 0 saturated carbocycles. The molecule has 2 atom stereocenters. The van der Waals surface area contributed by atoms with Crippen LogP contribution >= 0.6 is 0 Å². The molecule has 26 heavy (non-hydrogen) atoms. The van der Waals surface area contributed by atoms with E-state index in [4.69, 9.17) is 0 Å². The maximum atomic E-state index is 12.9. The monoisotopic (exact) mass is 371 g/mol. The van der Waals surface area contributed by atoms with Crippen LogP contribution in [0.15, 0.2) is 53.4 Å². The van der Waals surface area contributed by atoms with Gasteiger partial charge in [-0.3, -0.25) is 9.00 Å². The molecule has 1 N–H and O–H groups in total. The van der Waals surface area contributed by atoms with Crippen LogP contribution in [0, 0.1) is 0 Å². The number of hydrogen-bond donors (Lipinski definition) is 1. The molecule has 2 unspecified atom stereocenters. The molecule has 5 nitrogen and oxygen atoms in total. The van der Waals surface area contributed by atoms with Crippen LogP contribution in [0.4, 0.5) is 0 Å². The predicted octanol–water partition coefficient (Wildman–Crippen LogP) is 2.85. The van der Waals surface area contributed by atoms with E-state index in [1.807, 2.05) is 38.1 Å². The van der Waals surface area contributed by atoms with E-state index >= 15 is 0 Å². The van der Waals surface area contributed by atoms with Gasteiger partial charge in [-0.25, -0.2) is 4.79 Å². The highest BCUT2D eigenvalue weighted by Gasteiger charge is 2.34. The highest BCUT2D eigenvalue weighted by atomic mass is 32.2. The van der Waals surface area contributed by atoms with Gasteiger partial charge in [-0.2, -0.15) is 0 Å². The van der Waals surface area contributed by atoms with Gasteiger partial charge in [-0.05, 0) is 35.4 Å². The zero-order chi connectivity index (χ0) is 18.8. The van der Waals surface area contributed by atoms with Crippen molar-refractivity contribution in [1.82, 2.24) is 4.90 Å². The molecular weight excluding hydrogens is 350 g/mol. The van der Waals surface area contributed by atoms with Gasteiger partial charge in [-0.1, -0.05) is 38.1 Å². The molecule has 1 aliphatic rings. The number of benzene rings is 2. The zero-order valence-electron chi connectivity index (χ0n) is 14.7. The molecule has 0 spiro atoms. The van der Waals surface area contributed by atoms with Crippen LogP contribution in [0.2, 0.25) is 0 Å². The first-order valence-corrected chi connectivity index (χ1v) is 9.71. The van der Waals surface area contributed by atoms with Crippen molar-refractivity contribution in [2.75, 3.05) is 0 Å². The van der Waals surface area contributed by atoms with Gasteiger partial charge >= 0.3 is 5.97 Å². The second-order valence-corrected chi connectivity index (χ2v) is 8.64. The van der Waals surface area contributed by atoms with Gasteiger partial charge < -0.3 is 10.0 Å². The highest BCUT2D eigenvalue weighted by molar-refractivity contribution is 7.85. The fraction of sp³-hybridized carbons (Fsp3) is 0.300. The van der Waals surface area contributed by atoms with E-state index in [-0.39, 0.29) is 17.7 Å². The first-order valence-electron chi connectivity index (χ1n) is 8.49. The Hall–Kier alpha value is -2.47. The van der Waals surface area contributed by atoms with E-state index in [1.165, 1.54) is 4.90 Å². The van der Waals surface area contributed by atoms with Crippen LogP contribution in [0.5, 0.6) is 0 Å². The minimum Gasteiger partial charge on any atom is -0.480 e. The summed E-state index contributed by atoms with van der Waals surface area (Å²) in [6.07, 6.45) is 0.298. The van der Waals surface area contributed by atoms with Crippen molar-refractivity contribution in [1.29, 1.82) is 0 Å². The van der Waals surface area contributed by atoms with E-state index in [0.29, 0.717) is 16.9 Å². The normalized spacial score (nSPS) is 17.7. The Morgan fingerprint density at radius 1 is 1.08 bits per heavy atom. The molecule has 0 radical (unpaired) electrons. The average Bonchev–Trinajstić information content (AvgIpc) is 2.65. The Balaban J connectivity index is 1.88.